The molecule has 1 aliphatic carbocycles. The number of carbonyl (C=O) groups excluding carboxylic acids is 5. The molecule has 0 aromatic carbocycles. The number of ether oxygens (including phenoxy) is 1. The van der Waals surface area contributed by atoms with Gasteiger partial charge in [-0.1, -0.05) is 52.8 Å². The molecule has 10 heteroatoms. The molecule has 4 unspecified atom stereocenters. The number of nitrogens with zero attached hydrogens (tertiary/aromatic N) is 1. The lowest BCUT2D eigenvalue weighted by Gasteiger charge is -2.38. The van der Waals surface area contributed by atoms with Gasteiger partial charge in [-0.25, -0.2) is 4.79 Å². The van der Waals surface area contributed by atoms with Crippen LogP contribution >= 0.6 is 0 Å². The highest BCUT2D eigenvalue weighted by Crippen LogP contribution is 2.65. The van der Waals surface area contributed by atoms with Crippen molar-refractivity contribution in [3.05, 3.63) is 24.8 Å². The van der Waals surface area contributed by atoms with Crippen LogP contribution in [0.4, 0.5) is 4.79 Å². The SMILES string of the molecule is C=CCNC(=O)C(=O)C(C/C=C/C)NC(=O)C1C2C(CN1C(=O)[C@@H](NC(=O)OC(C)(C)C)C(C)(C)C)C2(C)C. The lowest BCUT2D eigenvalue weighted by atomic mass is 9.85. The van der Waals surface area contributed by atoms with Gasteiger partial charge in [-0.05, 0) is 56.8 Å². The standard InChI is InChI=1S/C29H46N4O6/c1-11-13-14-18(21(34)24(36)30-15-12-2)31-23(35)20-19-17(29(19,9)10)16-33(20)25(37)22(27(3,4)5)32-26(38)39-28(6,7)8/h11-13,17-20,22H,2,14-16H2,1,3-10H3,(H,30,36)(H,31,35)(H,32,38)/b13-11+/t17?,18?,19?,20?,22-/m1/s1. The number of rotatable bonds is 10. The molecule has 0 spiro atoms. The van der Waals surface area contributed by atoms with Crippen LogP contribution in [0.5, 0.6) is 0 Å². The Hall–Kier alpha value is -3.17. The Balaban J connectivity index is 2.33. The molecule has 39 heavy (non-hydrogen) atoms. The van der Waals surface area contributed by atoms with E-state index in [0.29, 0.717) is 6.54 Å². The Bertz CT molecular complexity index is 1020. The highest BCUT2D eigenvalue weighted by molar-refractivity contribution is 6.38. The molecule has 0 bridgehead atoms. The molecule has 5 atom stereocenters. The second-order valence-electron chi connectivity index (χ2n) is 13.1. The Kier molecular flexibility index (Phi) is 9.79. The number of likely N-dealkylation sites (tertiary alicyclic amines) is 1. The maximum atomic E-state index is 13.9. The summed E-state index contributed by atoms with van der Waals surface area (Å²) < 4.78 is 5.39. The van der Waals surface area contributed by atoms with Gasteiger partial charge < -0.3 is 25.6 Å². The van der Waals surface area contributed by atoms with Crippen LogP contribution < -0.4 is 16.0 Å². The fourth-order valence-electron chi connectivity index (χ4n) is 5.22. The largest absolute Gasteiger partial charge is 0.444 e. The summed E-state index contributed by atoms with van der Waals surface area (Å²) in [4.78, 5) is 67.0. The molecule has 218 valence electrons. The van der Waals surface area contributed by atoms with Gasteiger partial charge in [0.1, 0.15) is 23.7 Å². The third kappa shape index (κ3) is 7.70. The van der Waals surface area contributed by atoms with Gasteiger partial charge in [0.25, 0.3) is 5.91 Å². The second-order valence-corrected chi connectivity index (χ2v) is 13.1. The first-order valence-corrected chi connectivity index (χ1v) is 13.5. The van der Waals surface area contributed by atoms with Gasteiger partial charge in [0.05, 0.1) is 0 Å². The molecule has 1 saturated heterocycles. The first-order chi connectivity index (χ1) is 17.9. The van der Waals surface area contributed by atoms with Crippen molar-refractivity contribution in [1.82, 2.24) is 20.9 Å². The van der Waals surface area contributed by atoms with Crippen molar-refractivity contribution in [1.29, 1.82) is 0 Å². The van der Waals surface area contributed by atoms with Crippen molar-refractivity contribution < 1.29 is 28.7 Å². The number of Topliss-reactive ketones (excluding diaryl/α,β-unsaturated/α-hetero) is 1. The number of allylic oxidation sites excluding steroid dienone is 1. The summed E-state index contributed by atoms with van der Waals surface area (Å²) in [6.45, 7) is 20.6. The topological polar surface area (TPSA) is 134 Å². The summed E-state index contributed by atoms with van der Waals surface area (Å²) in [5.74, 6) is -2.49. The van der Waals surface area contributed by atoms with Crippen LogP contribution in [0.25, 0.3) is 0 Å². The fraction of sp³-hybridized carbons (Fsp3) is 0.690. The molecular formula is C29H46N4O6. The zero-order valence-electron chi connectivity index (χ0n) is 24.8. The number of alkyl carbamates (subject to hydrolysis) is 1. The van der Waals surface area contributed by atoms with Crippen molar-refractivity contribution >= 4 is 29.6 Å². The number of nitrogens with one attached hydrogen (secondary N) is 3. The third-order valence-electron chi connectivity index (χ3n) is 7.41. The Morgan fingerprint density at radius 2 is 1.69 bits per heavy atom. The van der Waals surface area contributed by atoms with Crippen LogP contribution in [0.1, 0.15) is 68.7 Å². The van der Waals surface area contributed by atoms with Crippen LogP contribution in [0.15, 0.2) is 24.8 Å². The van der Waals surface area contributed by atoms with E-state index in [9.17, 15) is 24.0 Å². The van der Waals surface area contributed by atoms with Gasteiger partial charge in [0.2, 0.25) is 17.6 Å². The van der Waals surface area contributed by atoms with E-state index in [2.05, 4.69) is 36.4 Å². The molecule has 2 rings (SSSR count). The monoisotopic (exact) mass is 546 g/mol. The molecule has 0 aromatic rings. The Labute approximate surface area is 232 Å². The molecule has 2 fully saturated rings. The van der Waals surface area contributed by atoms with Gasteiger partial charge in [0.15, 0.2) is 0 Å². The van der Waals surface area contributed by atoms with Crippen molar-refractivity contribution in [2.45, 2.75) is 92.5 Å². The minimum Gasteiger partial charge on any atom is -0.444 e. The number of fused-ring (bicyclic) bond motifs is 1. The van der Waals surface area contributed by atoms with Crippen molar-refractivity contribution in [3.63, 3.8) is 0 Å². The average molecular weight is 547 g/mol. The normalized spacial score (nSPS) is 23.3. The quantitative estimate of drug-likeness (QED) is 0.285. The summed E-state index contributed by atoms with van der Waals surface area (Å²) in [5, 5.41) is 7.92. The number of hydrogen-bond acceptors (Lipinski definition) is 6. The van der Waals surface area contributed by atoms with Crippen molar-refractivity contribution in [2.75, 3.05) is 13.1 Å². The first kappa shape index (κ1) is 32.0. The van der Waals surface area contributed by atoms with Crippen LogP contribution in [0.3, 0.4) is 0 Å². The minimum atomic E-state index is -1.09. The number of carbonyl (C=O) groups is 5. The third-order valence-corrected chi connectivity index (χ3v) is 7.41. The summed E-state index contributed by atoms with van der Waals surface area (Å²) in [5.41, 5.74) is -1.59. The molecular weight excluding hydrogens is 500 g/mol. The van der Waals surface area contributed by atoms with E-state index in [-0.39, 0.29) is 30.2 Å². The van der Waals surface area contributed by atoms with Gasteiger partial charge >= 0.3 is 6.09 Å². The molecule has 2 aliphatic rings. The van der Waals surface area contributed by atoms with Crippen LogP contribution in [-0.4, -0.2) is 71.3 Å². The van der Waals surface area contributed by atoms with Crippen LogP contribution in [0.2, 0.25) is 0 Å². The number of piperidine rings is 1. The van der Waals surface area contributed by atoms with Gasteiger partial charge in [0, 0.05) is 13.1 Å². The minimum absolute atomic E-state index is 0.0972. The predicted octanol–water partition coefficient (Wildman–Crippen LogP) is 2.73. The van der Waals surface area contributed by atoms with E-state index in [0.717, 1.165) is 0 Å². The summed E-state index contributed by atoms with van der Waals surface area (Å²) in [6.07, 6.45) is 4.30. The molecule has 3 N–H and O–H groups in total. The lowest BCUT2D eigenvalue weighted by molar-refractivity contribution is -0.145. The van der Waals surface area contributed by atoms with E-state index in [1.807, 2.05) is 20.8 Å². The van der Waals surface area contributed by atoms with E-state index in [1.165, 1.54) is 11.0 Å². The predicted molar refractivity (Wildman–Crippen MR) is 148 cm³/mol. The van der Waals surface area contributed by atoms with E-state index in [4.69, 9.17) is 4.74 Å². The fourth-order valence-corrected chi connectivity index (χ4v) is 5.22. The summed E-state index contributed by atoms with van der Waals surface area (Å²) >= 11 is 0. The first-order valence-electron chi connectivity index (χ1n) is 13.5. The highest BCUT2D eigenvalue weighted by atomic mass is 16.6. The van der Waals surface area contributed by atoms with Gasteiger partial charge in [-0.3, -0.25) is 19.2 Å². The molecule has 4 amide bonds. The van der Waals surface area contributed by atoms with Crippen molar-refractivity contribution in [2.24, 2.45) is 22.7 Å². The van der Waals surface area contributed by atoms with Crippen LogP contribution in [0, 0.1) is 22.7 Å². The van der Waals surface area contributed by atoms with E-state index in [1.54, 1.807) is 39.8 Å². The van der Waals surface area contributed by atoms with E-state index < -0.39 is 58.7 Å². The Morgan fingerprint density at radius 3 is 2.21 bits per heavy atom. The number of hydrogen-bond donors (Lipinski definition) is 3. The number of amides is 4. The highest BCUT2D eigenvalue weighted by Gasteiger charge is 2.69. The zero-order valence-corrected chi connectivity index (χ0v) is 24.8. The van der Waals surface area contributed by atoms with Crippen molar-refractivity contribution in [3.8, 4) is 0 Å². The molecule has 0 aromatic heterocycles. The smallest absolute Gasteiger partial charge is 0.408 e. The molecule has 1 heterocycles. The lowest BCUT2D eigenvalue weighted by Crippen LogP contribution is -2.60. The Morgan fingerprint density at radius 1 is 1.08 bits per heavy atom. The summed E-state index contributed by atoms with van der Waals surface area (Å²) in [6, 6.07) is -2.89. The molecule has 10 nitrogen and oxygen atoms in total. The zero-order chi connectivity index (χ0) is 29.9. The molecule has 0 radical (unpaired) electrons. The van der Waals surface area contributed by atoms with Gasteiger partial charge in [-0.15, -0.1) is 6.58 Å². The summed E-state index contributed by atoms with van der Waals surface area (Å²) in [7, 11) is 0. The molecule has 1 saturated carbocycles. The van der Waals surface area contributed by atoms with E-state index >= 15 is 0 Å². The average Bonchev–Trinajstić information content (AvgIpc) is 3.14. The van der Waals surface area contributed by atoms with Gasteiger partial charge in [-0.2, -0.15) is 0 Å². The molecule has 1 aliphatic heterocycles. The maximum Gasteiger partial charge on any atom is 0.408 e. The maximum absolute atomic E-state index is 13.9. The second kappa shape index (κ2) is 11.9. The van der Waals surface area contributed by atoms with Crippen LogP contribution in [-0.2, 0) is 23.9 Å². The number of ketones is 1.